The second-order valence-electron chi connectivity index (χ2n) is 8.10. The minimum absolute atomic E-state index is 0.00254. The van der Waals surface area contributed by atoms with Crippen molar-refractivity contribution in [3.05, 3.63) is 75.2 Å². The predicted octanol–water partition coefficient (Wildman–Crippen LogP) is 6.31. The van der Waals surface area contributed by atoms with Crippen LogP contribution >= 0.6 is 34.5 Å². The quantitative estimate of drug-likeness (QED) is 0.340. The first-order valence-electron chi connectivity index (χ1n) is 10.7. The van der Waals surface area contributed by atoms with Gasteiger partial charge < -0.3 is 9.30 Å². The molecule has 5 rings (SSSR count). The average molecular weight is 485 g/mol. The largest absolute Gasteiger partial charge is 0.334 e. The van der Waals surface area contributed by atoms with Gasteiger partial charge in [-0.1, -0.05) is 53.5 Å². The summed E-state index contributed by atoms with van der Waals surface area (Å²) >= 11 is 14.0. The van der Waals surface area contributed by atoms with Crippen LogP contribution < -0.4 is 0 Å². The number of aryl methyl sites for hydroxylation is 1. The number of amides is 1. The van der Waals surface area contributed by atoms with Crippen LogP contribution in [0, 0.1) is 6.92 Å². The molecule has 3 aromatic heterocycles. The van der Waals surface area contributed by atoms with E-state index in [0.29, 0.717) is 27.8 Å². The summed E-state index contributed by atoms with van der Waals surface area (Å²) < 4.78 is 1.85. The van der Waals surface area contributed by atoms with Crippen LogP contribution in [0.5, 0.6) is 0 Å². The molecule has 1 aliphatic heterocycles. The van der Waals surface area contributed by atoms with Crippen LogP contribution in [0.2, 0.25) is 10.0 Å². The number of pyridine rings is 1. The van der Waals surface area contributed by atoms with Gasteiger partial charge in [-0.2, -0.15) is 0 Å². The lowest BCUT2D eigenvalue weighted by Gasteiger charge is -2.35. The number of likely N-dealkylation sites (tertiary alicyclic amines) is 1. The van der Waals surface area contributed by atoms with Gasteiger partial charge in [-0.15, -0.1) is 11.3 Å². The molecule has 1 aromatic carbocycles. The lowest BCUT2D eigenvalue weighted by molar-refractivity contribution is 0.0608. The number of carbonyl (C=O) groups is 1. The first kappa shape index (κ1) is 21.4. The van der Waals surface area contributed by atoms with E-state index in [1.54, 1.807) is 23.6 Å². The summed E-state index contributed by atoms with van der Waals surface area (Å²) in [6.07, 6.45) is 7.46. The summed E-state index contributed by atoms with van der Waals surface area (Å²) in [5.74, 6) is 0.00254. The smallest absolute Gasteiger partial charge is 0.274 e. The van der Waals surface area contributed by atoms with E-state index in [4.69, 9.17) is 28.2 Å². The summed E-state index contributed by atoms with van der Waals surface area (Å²) in [6.45, 7) is 2.68. The summed E-state index contributed by atoms with van der Waals surface area (Å²) in [5.41, 5.74) is 3.16. The van der Waals surface area contributed by atoms with Gasteiger partial charge in [0.2, 0.25) is 0 Å². The summed E-state index contributed by atoms with van der Waals surface area (Å²) in [4.78, 5) is 25.9. The van der Waals surface area contributed by atoms with Crippen molar-refractivity contribution in [2.24, 2.45) is 0 Å². The Kier molecular flexibility index (Phi) is 5.93. The van der Waals surface area contributed by atoms with Crippen molar-refractivity contribution in [3.8, 4) is 10.4 Å². The highest BCUT2D eigenvalue weighted by Crippen LogP contribution is 2.33. The van der Waals surface area contributed by atoms with Crippen molar-refractivity contribution in [1.29, 1.82) is 0 Å². The number of thiazole rings is 1. The Balaban J connectivity index is 1.44. The molecule has 164 valence electrons. The fourth-order valence-corrected chi connectivity index (χ4v) is 5.83. The predicted molar refractivity (Wildman–Crippen MR) is 130 cm³/mol. The Bertz CT molecular complexity index is 1280. The molecular weight excluding hydrogens is 463 g/mol. The molecule has 1 unspecified atom stereocenters. The van der Waals surface area contributed by atoms with E-state index < -0.39 is 0 Å². The highest BCUT2D eigenvalue weighted by molar-refractivity contribution is 7.15. The molecule has 1 atom stereocenters. The maximum atomic E-state index is 13.7. The van der Waals surface area contributed by atoms with E-state index in [-0.39, 0.29) is 11.9 Å². The zero-order valence-electron chi connectivity index (χ0n) is 17.6. The number of nitrogens with zero attached hydrogens (tertiary/aromatic N) is 4. The maximum Gasteiger partial charge on any atom is 0.274 e. The molecule has 0 bridgehead atoms. The zero-order chi connectivity index (χ0) is 22.2. The first-order valence-corrected chi connectivity index (χ1v) is 12.2. The third-order valence-electron chi connectivity index (χ3n) is 5.83. The second-order valence-corrected chi connectivity index (χ2v) is 10.1. The van der Waals surface area contributed by atoms with Crippen molar-refractivity contribution in [3.63, 3.8) is 0 Å². The molecule has 1 aliphatic rings. The van der Waals surface area contributed by atoms with E-state index in [1.165, 1.54) is 0 Å². The van der Waals surface area contributed by atoms with Gasteiger partial charge >= 0.3 is 0 Å². The van der Waals surface area contributed by atoms with Crippen LogP contribution in [0.3, 0.4) is 0 Å². The Hall–Kier alpha value is -2.41. The number of rotatable bonds is 4. The Morgan fingerprint density at radius 3 is 2.78 bits per heavy atom. The van der Waals surface area contributed by atoms with Crippen LogP contribution in [0.4, 0.5) is 0 Å². The number of carbonyl (C=O) groups excluding carboxylic acids is 1. The number of imidazole rings is 1. The Morgan fingerprint density at radius 1 is 1.16 bits per heavy atom. The van der Waals surface area contributed by atoms with Gasteiger partial charge in [-0.05, 0) is 37.8 Å². The lowest BCUT2D eigenvalue weighted by Crippen LogP contribution is -2.45. The summed E-state index contributed by atoms with van der Waals surface area (Å²) in [7, 11) is 0. The van der Waals surface area contributed by atoms with Crippen LogP contribution in [0.1, 0.15) is 40.5 Å². The van der Waals surface area contributed by atoms with Crippen molar-refractivity contribution in [1.82, 2.24) is 19.3 Å². The molecule has 1 amide bonds. The van der Waals surface area contributed by atoms with Crippen molar-refractivity contribution in [2.75, 3.05) is 6.54 Å². The molecule has 4 aromatic rings. The molecule has 5 nitrogen and oxygen atoms in total. The first-order chi connectivity index (χ1) is 15.5. The SMILES string of the molecule is Cc1nc(C(=O)N2CCCCC2Cc2cn3cc(Cl)cc(Cl)c3n2)c(-c2ccccc2)s1. The average Bonchev–Trinajstić information content (AvgIpc) is 3.37. The van der Waals surface area contributed by atoms with Crippen LogP contribution in [0.25, 0.3) is 16.1 Å². The highest BCUT2D eigenvalue weighted by atomic mass is 35.5. The van der Waals surface area contributed by atoms with Gasteiger partial charge in [0.25, 0.3) is 5.91 Å². The minimum Gasteiger partial charge on any atom is -0.334 e. The minimum atomic E-state index is 0.00254. The zero-order valence-corrected chi connectivity index (χ0v) is 19.9. The Morgan fingerprint density at radius 2 is 1.97 bits per heavy atom. The standard InChI is InChI=1S/C24H22Cl2N4OS/c1-15-27-21(22(32-15)16-7-3-2-4-8-16)24(31)30-10-6-5-9-19(30)12-18-14-29-13-17(25)11-20(26)23(29)28-18/h2-4,7-8,11,13-14,19H,5-6,9-10,12H2,1H3. The normalized spacial score (nSPS) is 16.6. The van der Waals surface area contributed by atoms with Crippen molar-refractivity contribution >= 4 is 46.1 Å². The van der Waals surface area contributed by atoms with Crippen molar-refractivity contribution < 1.29 is 4.79 Å². The summed E-state index contributed by atoms with van der Waals surface area (Å²) in [6, 6.07) is 11.8. The summed E-state index contributed by atoms with van der Waals surface area (Å²) in [5, 5.41) is 1.98. The Labute approximate surface area is 200 Å². The van der Waals surface area contributed by atoms with E-state index in [0.717, 1.165) is 46.9 Å². The van der Waals surface area contributed by atoms with Crippen LogP contribution in [-0.2, 0) is 6.42 Å². The number of piperidine rings is 1. The second kappa shape index (κ2) is 8.85. The number of hydrogen-bond donors (Lipinski definition) is 0. The monoisotopic (exact) mass is 484 g/mol. The van der Waals surface area contributed by atoms with E-state index >= 15 is 0 Å². The van der Waals surface area contributed by atoms with Crippen LogP contribution in [0.15, 0.2) is 48.8 Å². The maximum absolute atomic E-state index is 13.7. The number of benzene rings is 1. The molecule has 0 N–H and O–H groups in total. The molecule has 8 heteroatoms. The molecule has 1 fully saturated rings. The molecule has 4 heterocycles. The van der Waals surface area contributed by atoms with Gasteiger partial charge in [-0.3, -0.25) is 4.79 Å². The number of halogens is 2. The fraction of sp³-hybridized carbons (Fsp3) is 0.292. The van der Waals surface area contributed by atoms with E-state index in [1.807, 2.05) is 52.8 Å². The molecule has 32 heavy (non-hydrogen) atoms. The van der Waals surface area contributed by atoms with Gasteiger partial charge in [0.1, 0.15) is 5.69 Å². The molecule has 1 saturated heterocycles. The topological polar surface area (TPSA) is 50.5 Å². The molecular formula is C24H22Cl2N4OS. The van der Waals surface area contributed by atoms with Crippen molar-refractivity contribution in [2.45, 2.75) is 38.6 Å². The number of hydrogen-bond acceptors (Lipinski definition) is 4. The molecule has 0 saturated carbocycles. The van der Waals surface area contributed by atoms with Gasteiger partial charge in [0.05, 0.1) is 25.6 Å². The molecule has 0 aliphatic carbocycles. The number of aromatic nitrogens is 3. The van der Waals surface area contributed by atoms with Gasteiger partial charge in [0, 0.05) is 31.4 Å². The molecule has 0 radical (unpaired) electrons. The van der Waals surface area contributed by atoms with Gasteiger partial charge in [-0.25, -0.2) is 9.97 Å². The van der Waals surface area contributed by atoms with Crippen LogP contribution in [-0.4, -0.2) is 37.8 Å². The third-order valence-corrected chi connectivity index (χ3v) is 7.33. The third kappa shape index (κ3) is 4.15. The molecule has 0 spiro atoms. The highest BCUT2D eigenvalue weighted by Gasteiger charge is 2.31. The lowest BCUT2D eigenvalue weighted by atomic mass is 9.97. The van der Waals surface area contributed by atoms with E-state index in [9.17, 15) is 4.79 Å². The van der Waals surface area contributed by atoms with Gasteiger partial charge in [0.15, 0.2) is 5.65 Å². The number of fused-ring (bicyclic) bond motifs is 1. The van der Waals surface area contributed by atoms with E-state index in [2.05, 4.69) is 4.98 Å². The fourth-order valence-electron chi connectivity index (χ4n) is 4.39.